The second-order valence-corrected chi connectivity index (χ2v) is 6.30. The van der Waals surface area contributed by atoms with Crippen molar-refractivity contribution in [2.45, 2.75) is 19.4 Å². The number of hydrogen-bond acceptors (Lipinski definition) is 4. The molecular formula is C19H22N4O2. The first-order valence-corrected chi connectivity index (χ1v) is 8.43. The third kappa shape index (κ3) is 3.69. The molecular weight excluding hydrogens is 316 g/mol. The Morgan fingerprint density at radius 1 is 1.24 bits per heavy atom. The molecule has 0 aliphatic carbocycles. The minimum Gasteiger partial charge on any atom is -0.369 e. The van der Waals surface area contributed by atoms with Crippen molar-refractivity contribution in [3.05, 3.63) is 53.9 Å². The number of likely N-dealkylation sites (tertiary alicyclic amines) is 1. The number of nitrogens with two attached hydrogens (primary N) is 2. The standard InChI is InChI=1S/C19H22N4O2/c20-11-13-4-1-5-14(10-13)16-7-2-8-22-17(16)19(25)23-9-3-6-15(12-23)18(21)24/h1-2,4-5,7-8,10,15H,3,6,9,11-12,20H2,(H2,21,24)/t15-/m1/s1. The highest BCUT2D eigenvalue weighted by atomic mass is 16.2. The van der Waals surface area contributed by atoms with Gasteiger partial charge in [0.25, 0.3) is 5.91 Å². The Morgan fingerprint density at radius 2 is 2.08 bits per heavy atom. The quantitative estimate of drug-likeness (QED) is 0.883. The van der Waals surface area contributed by atoms with E-state index < -0.39 is 0 Å². The topological polar surface area (TPSA) is 102 Å². The number of carbonyl (C=O) groups excluding carboxylic acids is 2. The maximum Gasteiger partial charge on any atom is 0.273 e. The van der Waals surface area contributed by atoms with Crippen LogP contribution in [0.4, 0.5) is 0 Å². The minimum atomic E-state index is -0.352. The van der Waals surface area contributed by atoms with Crippen LogP contribution < -0.4 is 11.5 Å². The Kier molecular flexibility index (Phi) is 5.09. The molecule has 130 valence electrons. The van der Waals surface area contributed by atoms with Crippen molar-refractivity contribution in [2.24, 2.45) is 17.4 Å². The number of nitrogens with zero attached hydrogens (tertiary/aromatic N) is 2. The number of benzene rings is 1. The Bertz CT molecular complexity index is 790. The molecule has 2 amide bonds. The second kappa shape index (κ2) is 7.44. The van der Waals surface area contributed by atoms with Gasteiger partial charge in [-0.3, -0.25) is 14.6 Å². The molecule has 1 aromatic heterocycles. The summed E-state index contributed by atoms with van der Waals surface area (Å²) in [5.41, 5.74) is 14.2. The number of primary amides is 1. The zero-order valence-electron chi connectivity index (χ0n) is 14.0. The van der Waals surface area contributed by atoms with Crippen molar-refractivity contribution in [2.75, 3.05) is 13.1 Å². The number of amides is 2. The van der Waals surface area contributed by atoms with Crippen molar-refractivity contribution in [1.29, 1.82) is 0 Å². The van der Waals surface area contributed by atoms with Gasteiger partial charge in [0.05, 0.1) is 5.92 Å². The van der Waals surface area contributed by atoms with Gasteiger partial charge < -0.3 is 16.4 Å². The molecule has 1 aliphatic heterocycles. The molecule has 1 aliphatic rings. The third-order valence-electron chi connectivity index (χ3n) is 4.59. The number of hydrogen-bond donors (Lipinski definition) is 2. The summed E-state index contributed by atoms with van der Waals surface area (Å²) < 4.78 is 0. The molecule has 1 saturated heterocycles. The van der Waals surface area contributed by atoms with Gasteiger partial charge in [-0.25, -0.2) is 0 Å². The van der Waals surface area contributed by atoms with E-state index in [0.29, 0.717) is 25.3 Å². The molecule has 2 aromatic rings. The predicted molar refractivity (Wildman–Crippen MR) is 95.4 cm³/mol. The molecule has 0 bridgehead atoms. The van der Waals surface area contributed by atoms with Gasteiger partial charge in [0.15, 0.2) is 0 Å². The molecule has 6 nitrogen and oxygen atoms in total. The normalized spacial score (nSPS) is 17.3. The fourth-order valence-corrected chi connectivity index (χ4v) is 3.22. The molecule has 25 heavy (non-hydrogen) atoms. The lowest BCUT2D eigenvalue weighted by molar-refractivity contribution is -0.123. The van der Waals surface area contributed by atoms with Crippen LogP contribution in [0.15, 0.2) is 42.6 Å². The molecule has 1 aromatic carbocycles. The summed E-state index contributed by atoms with van der Waals surface area (Å²) in [7, 11) is 0. The van der Waals surface area contributed by atoms with E-state index in [4.69, 9.17) is 11.5 Å². The Labute approximate surface area is 146 Å². The molecule has 3 rings (SSSR count). The maximum absolute atomic E-state index is 13.0. The molecule has 0 radical (unpaired) electrons. The van der Waals surface area contributed by atoms with Crippen LogP contribution in [0.2, 0.25) is 0 Å². The molecule has 0 saturated carbocycles. The second-order valence-electron chi connectivity index (χ2n) is 6.30. The molecule has 4 N–H and O–H groups in total. The molecule has 1 atom stereocenters. The molecule has 1 fully saturated rings. The number of rotatable bonds is 4. The summed E-state index contributed by atoms with van der Waals surface area (Å²) in [5, 5.41) is 0. The van der Waals surface area contributed by atoms with Crippen LogP contribution in [0.25, 0.3) is 11.1 Å². The first kappa shape index (κ1) is 17.1. The van der Waals surface area contributed by atoms with Gasteiger partial charge in [-0.15, -0.1) is 0 Å². The van der Waals surface area contributed by atoms with E-state index in [1.54, 1.807) is 11.1 Å². The van der Waals surface area contributed by atoms with E-state index in [0.717, 1.165) is 29.5 Å². The van der Waals surface area contributed by atoms with E-state index in [1.165, 1.54) is 0 Å². The largest absolute Gasteiger partial charge is 0.369 e. The van der Waals surface area contributed by atoms with E-state index in [2.05, 4.69) is 4.98 Å². The number of piperidine rings is 1. The average molecular weight is 338 g/mol. The summed E-state index contributed by atoms with van der Waals surface area (Å²) >= 11 is 0. The van der Waals surface area contributed by atoms with Crippen LogP contribution in [0, 0.1) is 5.92 Å². The summed E-state index contributed by atoms with van der Waals surface area (Å²) in [6, 6.07) is 11.5. The number of pyridine rings is 1. The van der Waals surface area contributed by atoms with Gasteiger partial charge >= 0.3 is 0 Å². The van der Waals surface area contributed by atoms with Crippen LogP contribution in [-0.4, -0.2) is 34.8 Å². The smallest absolute Gasteiger partial charge is 0.273 e. The fourth-order valence-electron chi connectivity index (χ4n) is 3.22. The van der Waals surface area contributed by atoms with Gasteiger partial charge in [-0.2, -0.15) is 0 Å². The van der Waals surface area contributed by atoms with E-state index >= 15 is 0 Å². The number of aromatic nitrogens is 1. The van der Waals surface area contributed by atoms with Gasteiger partial charge in [0.1, 0.15) is 5.69 Å². The van der Waals surface area contributed by atoms with Gasteiger partial charge in [-0.1, -0.05) is 24.3 Å². The van der Waals surface area contributed by atoms with Crippen molar-refractivity contribution in [3.8, 4) is 11.1 Å². The molecule has 0 unspecified atom stereocenters. The lowest BCUT2D eigenvalue weighted by Crippen LogP contribution is -2.44. The van der Waals surface area contributed by atoms with Crippen LogP contribution >= 0.6 is 0 Å². The first-order valence-electron chi connectivity index (χ1n) is 8.43. The highest BCUT2D eigenvalue weighted by Crippen LogP contribution is 2.26. The van der Waals surface area contributed by atoms with Crippen molar-refractivity contribution >= 4 is 11.8 Å². The lowest BCUT2D eigenvalue weighted by Gasteiger charge is -2.31. The van der Waals surface area contributed by atoms with E-state index in [1.807, 2.05) is 36.4 Å². The van der Waals surface area contributed by atoms with Gasteiger partial charge in [-0.05, 0) is 36.1 Å². The molecule has 2 heterocycles. The average Bonchev–Trinajstić information content (AvgIpc) is 2.67. The third-order valence-corrected chi connectivity index (χ3v) is 4.59. The highest BCUT2D eigenvalue weighted by Gasteiger charge is 2.29. The molecule has 6 heteroatoms. The van der Waals surface area contributed by atoms with Crippen LogP contribution in [0.3, 0.4) is 0 Å². The first-order chi connectivity index (χ1) is 12.1. The summed E-state index contributed by atoms with van der Waals surface area (Å²) in [6.07, 6.45) is 3.11. The van der Waals surface area contributed by atoms with Crippen molar-refractivity contribution < 1.29 is 9.59 Å². The lowest BCUT2D eigenvalue weighted by atomic mass is 9.96. The number of carbonyl (C=O) groups is 2. The van der Waals surface area contributed by atoms with Crippen LogP contribution in [0.1, 0.15) is 28.9 Å². The summed E-state index contributed by atoms with van der Waals surface area (Å²) in [4.78, 5) is 30.5. The van der Waals surface area contributed by atoms with Crippen LogP contribution in [0.5, 0.6) is 0 Å². The Morgan fingerprint density at radius 3 is 2.84 bits per heavy atom. The van der Waals surface area contributed by atoms with Crippen molar-refractivity contribution in [1.82, 2.24) is 9.88 Å². The zero-order chi connectivity index (χ0) is 17.8. The van der Waals surface area contributed by atoms with Gasteiger partial charge in [0, 0.05) is 31.4 Å². The Hall–Kier alpha value is -2.73. The summed E-state index contributed by atoms with van der Waals surface area (Å²) in [6.45, 7) is 1.40. The molecule has 0 spiro atoms. The predicted octanol–water partition coefficient (Wildman–Crippen LogP) is 1.54. The zero-order valence-corrected chi connectivity index (χ0v) is 14.0. The minimum absolute atomic E-state index is 0.167. The monoisotopic (exact) mass is 338 g/mol. The van der Waals surface area contributed by atoms with Crippen molar-refractivity contribution in [3.63, 3.8) is 0 Å². The SMILES string of the molecule is NCc1cccc(-c2cccnc2C(=O)N2CCC[C@@H](C(N)=O)C2)c1. The van der Waals surface area contributed by atoms with E-state index in [-0.39, 0.29) is 17.7 Å². The van der Waals surface area contributed by atoms with Crippen LogP contribution in [-0.2, 0) is 11.3 Å². The highest BCUT2D eigenvalue weighted by molar-refractivity contribution is 5.99. The maximum atomic E-state index is 13.0. The Balaban J connectivity index is 1.92. The fraction of sp³-hybridized carbons (Fsp3) is 0.316. The van der Waals surface area contributed by atoms with Gasteiger partial charge in [0.2, 0.25) is 5.91 Å². The summed E-state index contributed by atoms with van der Waals surface area (Å²) in [5.74, 6) is -0.806. The van der Waals surface area contributed by atoms with E-state index in [9.17, 15) is 9.59 Å².